The summed E-state index contributed by atoms with van der Waals surface area (Å²) >= 11 is 0. The molecule has 0 fully saturated rings. The monoisotopic (exact) mass is 208 g/mol. The van der Waals surface area contributed by atoms with Crippen molar-refractivity contribution >= 4 is 5.97 Å². The molecule has 0 saturated heterocycles. The molecule has 0 amide bonds. The molecule has 1 aromatic rings. The van der Waals surface area contributed by atoms with E-state index >= 15 is 0 Å². The molecule has 15 heavy (non-hydrogen) atoms. The number of aliphatic carboxylic acids is 1. The fourth-order valence-corrected chi connectivity index (χ4v) is 1.48. The van der Waals surface area contributed by atoms with Crippen LogP contribution >= 0.6 is 0 Å². The number of carboxylic acids is 1. The molecule has 1 atom stereocenters. The highest BCUT2D eigenvalue weighted by Gasteiger charge is 2.17. The lowest BCUT2D eigenvalue weighted by molar-refractivity contribution is -0.141. The Balaban J connectivity index is 2.55. The van der Waals surface area contributed by atoms with Crippen LogP contribution in [0.2, 0.25) is 0 Å². The van der Waals surface area contributed by atoms with E-state index in [1.807, 2.05) is 12.1 Å². The molecule has 1 aromatic heterocycles. The van der Waals surface area contributed by atoms with Crippen molar-refractivity contribution in [1.82, 2.24) is 4.98 Å². The second kappa shape index (κ2) is 6.14. The maximum absolute atomic E-state index is 10.9. The normalized spacial score (nSPS) is 12.3. The molecule has 3 N–H and O–H groups in total. The van der Waals surface area contributed by atoms with Crippen molar-refractivity contribution in [1.29, 1.82) is 0 Å². The number of carboxylic acid groups (broad SMARTS) is 1. The van der Waals surface area contributed by atoms with Crippen molar-refractivity contribution in [3.8, 4) is 0 Å². The predicted molar refractivity (Wildman–Crippen MR) is 57.4 cm³/mol. The van der Waals surface area contributed by atoms with Gasteiger partial charge in [-0.05, 0) is 37.4 Å². The highest BCUT2D eigenvalue weighted by atomic mass is 16.4. The summed E-state index contributed by atoms with van der Waals surface area (Å²) in [5.41, 5.74) is 6.33. The van der Waals surface area contributed by atoms with Crippen LogP contribution in [0.15, 0.2) is 24.5 Å². The van der Waals surface area contributed by atoms with Crippen LogP contribution in [0.4, 0.5) is 0 Å². The van der Waals surface area contributed by atoms with Gasteiger partial charge in [0, 0.05) is 12.4 Å². The summed E-state index contributed by atoms with van der Waals surface area (Å²) < 4.78 is 0. The van der Waals surface area contributed by atoms with E-state index in [2.05, 4.69) is 4.98 Å². The number of rotatable bonds is 6. The summed E-state index contributed by atoms with van der Waals surface area (Å²) in [4.78, 5) is 14.9. The van der Waals surface area contributed by atoms with Crippen molar-refractivity contribution in [2.75, 3.05) is 6.54 Å². The van der Waals surface area contributed by atoms with Gasteiger partial charge in [-0.1, -0.05) is 6.07 Å². The molecule has 0 bridgehead atoms. The minimum Gasteiger partial charge on any atom is -0.481 e. The molecule has 0 radical (unpaired) electrons. The summed E-state index contributed by atoms with van der Waals surface area (Å²) in [5.74, 6) is -1.11. The van der Waals surface area contributed by atoms with Crippen LogP contribution in [0.3, 0.4) is 0 Å². The molecule has 0 aliphatic rings. The van der Waals surface area contributed by atoms with Crippen molar-refractivity contribution in [3.05, 3.63) is 30.1 Å². The van der Waals surface area contributed by atoms with Gasteiger partial charge in [-0.25, -0.2) is 0 Å². The molecule has 1 heterocycles. The first kappa shape index (κ1) is 11.7. The second-order valence-corrected chi connectivity index (χ2v) is 3.53. The summed E-state index contributed by atoms with van der Waals surface area (Å²) in [6, 6.07) is 3.71. The maximum Gasteiger partial charge on any atom is 0.306 e. The van der Waals surface area contributed by atoms with Crippen LogP contribution in [0.5, 0.6) is 0 Å². The highest BCUT2D eigenvalue weighted by molar-refractivity contribution is 5.70. The van der Waals surface area contributed by atoms with Crippen molar-refractivity contribution in [3.63, 3.8) is 0 Å². The molecule has 4 nitrogen and oxygen atoms in total. The van der Waals surface area contributed by atoms with E-state index in [1.165, 1.54) is 0 Å². The van der Waals surface area contributed by atoms with E-state index in [-0.39, 0.29) is 5.92 Å². The van der Waals surface area contributed by atoms with Crippen LogP contribution in [0, 0.1) is 5.92 Å². The first-order chi connectivity index (χ1) is 7.24. The lowest BCUT2D eigenvalue weighted by Gasteiger charge is -2.11. The lowest BCUT2D eigenvalue weighted by atomic mass is 9.96. The number of nitrogens with two attached hydrogens (primary N) is 1. The van der Waals surface area contributed by atoms with Crippen LogP contribution in [0.25, 0.3) is 0 Å². The Morgan fingerprint density at radius 2 is 2.40 bits per heavy atom. The number of hydrogen-bond donors (Lipinski definition) is 2. The van der Waals surface area contributed by atoms with E-state index in [9.17, 15) is 4.79 Å². The van der Waals surface area contributed by atoms with Gasteiger partial charge in [0.05, 0.1) is 5.92 Å². The van der Waals surface area contributed by atoms with Gasteiger partial charge in [-0.3, -0.25) is 9.78 Å². The van der Waals surface area contributed by atoms with E-state index in [0.717, 1.165) is 12.0 Å². The summed E-state index contributed by atoms with van der Waals surface area (Å²) in [6.07, 6.45) is 5.29. The number of aromatic nitrogens is 1. The third-order valence-electron chi connectivity index (χ3n) is 2.31. The zero-order chi connectivity index (χ0) is 11.1. The molecule has 0 spiro atoms. The Hall–Kier alpha value is -1.42. The first-order valence-electron chi connectivity index (χ1n) is 5.06. The van der Waals surface area contributed by atoms with Crippen molar-refractivity contribution in [2.24, 2.45) is 11.7 Å². The van der Waals surface area contributed by atoms with E-state index in [0.29, 0.717) is 19.4 Å². The molecule has 0 aliphatic heterocycles. The Morgan fingerprint density at radius 3 is 2.93 bits per heavy atom. The Labute approximate surface area is 89.1 Å². The van der Waals surface area contributed by atoms with Gasteiger partial charge in [-0.2, -0.15) is 0 Å². The third kappa shape index (κ3) is 4.08. The first-order valence-corrected chi connectivity index (χ1v) is 5.06. The zero-order valence-corrected chi connectivity index (χ0v) is 8.60. The Morgan fingerprint density at radius 1 is 1.60 bits per heavy atom. The van der Waals surface area contributed by atoms with Crippen LogP contribution in [0.1, 0.15) is 18.4 Å². The number of carbonyl (C=O) groups is 1. The molecular weight excluding hydrogens is 192 g/mol. The average molecular weight is 208 g/mol. The smallest absolute Gasteiger partial charge is 0.306 e. The van der Waals surface area contributed by atoms with Gasteiger partial charge < -0.3 is 10.8 Å². The summed E-state index contributed by atoms with van der Waals surface area (Å²) in [5, 5.41) is 9.00. The molecule has 0 aromatic carbocycles. The second-order valence-electron chi connectivity index (χ2n) is 3.53. The van der Waals surface area contributed by atoms with E-state index < -0.39 is 5.97 Å². The fourth-order valence-electron chi connectivity index (χ4n) is 1.48. The zero-order valence-electron chi connectivity index (χ0n) is 8.60. The quantitative estimate of drug-likeness (QED) is 0.733. The largest absolute Gasteiger partial charge is 0.481 e. The molecule has 0 saturated carbocycles. The number of pyridine rings is 1. The molecule has 1 rings (SSSR count). The SMILES string of the molecule is NCCCC(Cc1cccnc1)C(=O)O. The Bertz CT molecular complexity index is 301. The van der Waals surface area contributed by atoms with E-state index in [4.69, 9.17) is 10.8 Å². The minimum atomic E-state index is -0.757. The average Bonchev–Trinajstić information content (AvgIpc) is 2.25. The predicted octanol–water partition coefficient (Wildman–Crippen LogP) is 1.06. The number of nitrogens with zero attached hydrogens (tertiary/aromatic N) is 1. The molecule has 1 unspecified atom stereocenters. The summed E-state index contributed by atoms with van der Waals surface area (Å²) in [7, 11) is 0. The van der Waals surface area contributed by atoms with Gasteiger partial charge in [0.1, 0.15) is 0 Å². The molecular formula is C11H16N2O2. The van der Waals surface area contributed by atoms with Crippen LogP contribution in [-0.2, 0) is 11.2 Å². The standard InChI is InChI=1S/C11H16N2O2/c12-5-1-4-10(11(14)15)7-9-3-2-6-13-8-9/h2-3,6,8,10H,1,4-5,7,12H2,(H,14,15). The van der Waals surface area contributed by atoms with E-state index in [1.54, 1.807) is 12.4 Å². The lowest BCUT2D eigenvalue weighted by Crippen LogP contribution is -2.18. The highest BCUT2D eigenvalue weighted by Crippen LogP contribution is 2.13. The van der Waals surface area contributed by atoms with Crippen LogP contribution < -0.4 is 5.73 Å². The van der Waals surface area contributed by atoms with Crippen molar-refractivity contribution in [2.45, 2.75) is 19.3 Å². The molecule has 4 heteroatoms. The molecule has 82 valence electrons. The third-order valence-corrected chi connectivity index (χ3v) is 2.31. The fraction of sp³-hybridized carbons (Fsp3) is 0.455. The van der Waals surface area contributed by atoms with Gasteiger partial charge in [0.2, 0.25) is 0 Å². The van der Waals surface area contributed by atoms with Crippen molar-refractivity contribution < 1.29 is 9.90 Å². The van der Waals surface area contributed by atoms with Gasteiger partial charge in [0.25, 0.3) is 0 Å². The Kier molecular flexibility index (Phi) is 4.77. The summed E-state index contributed by atoms with van der Waals surface area (Å²) in [6.45, 7) is 0.539. The topological polar surface area (TPSA) is 76.2 Å². The minimum absolute atomic E-state index is 0.349. The van der Waals surface area contributed by atoms with Gasteiger partial charge in [-0.15, -0.1) is 0 Å². The van der Waals surface area contributed by atoms with Crippen LogP contribution in [-0.4, -0.2) is 22.6 Å². The maximum atomic E-state index is 10.9. The van der Waals surface area contributed by atoms with Gasteiger partial charge >= 0.3 is 5.97 Å². The number of hydrogen-bond acceptors (Lipinski definition) is 3. The molecule has 0 aliphatic carbocycles. The van der Waals surface area contributed by atoms with Gasteiger partial charge in [0.15, 0.2) is 0 Å².